The van der Waals surface area contributed by atoms with Gasteiger partial charge >= 0.3 is 0 Å². The zero-order valence-corrected chi connectivity index (χ0v) is 16.9. The van der Waals surface area contributed by atoms with Crippen LogP contribution in [0.3, 0.4) is 0 Å². The lowest BCUT2D eigenvalue weighted by atomic mass is 9.81. The molecular weight excluding hydrogens is 312 g/mol. The Balaban J connectivity index is 2.79. The normalized spacial score (nSPS) is 17.2. The second kappa shape index (κ2) is 11.4. The van der Waals surface area contributed by atoms with E-state index in [1.54, 1.807) is 6.08 Å². The van der Waals surface area contributed by atoms with Crippen LogP contribution in [0.2, 0.25) is 6.82 Å². The minimum atomic E-state index is -0.0836. The monoisotopic (exact) mass is 349 g/mol. The SMILES string of the molecule is C=C(C)NCC(CC(CC)NC1=C(F)C=C(C)CC1)N(CC)CBC. The average Bonchev–Trinajstić information content (AvgIpc) is 2.57. The molecule has 0 aliphatic heterocycles. The molecule has 1 aliphatic rings. The summed E-state index contributed by atoms with van der Waals surface area (Å²) in [5, 5.41) is 6.91. The Labute approximate surface area is 155 Å². The summed E-state index contributed by atoms with van der Waals surface area (Å²) in [5.41, 5.74) is 2.91. The summed E-state index contributed by atoms with van der Waals surface area (Å²) >= 11 is 0. The quantitative estimate of drug-likeness (QED) is 0.523. The van der Waals surface area contributed by atoms with Gasteiger partial charge in [-0.1, -0.05) is 32.8 Å². The van der Waals surface area contributed by atoms with E-state index >= 15 is 0 Å². The average molecular weight is 349 g/mol. The first-order valence-corrected chi connectivity index (χ1v) is 9.86. The van der Waals surface area contributed by atoms with E-state index in [0.717, 1.165) is 69.5 Å². The van der Waals surface area contributed by atoms with Gasteiger partial charge < -0.3 is 15.5 Å². The minimum absolute atomic E-state index is 0.0836. The van der Waals surface area contributed by atoms with Crippen LogP contribution in [0.5, 0.6) is 0 Å². The van der Waals surface area contributed by atoms with E-state index in [2.05, 4.69) is 42.8 Å². The van der Waals surface area contributed by atoms with E-state index < -0.39 is 0 Å². The first-order valence-electron chi connectivity index (χ1n) is 9.86. The van der Waals surface area contributed by atoms with Gasteiger partial charge in [-0.3, -0.25) is 0 Å². The van der Waals surface area contributed by atoms with Crippen molar-refractivity contribution in [3.63, 3.8) is 0 Å². The Hall–Kier alpha value is -1.23. The summed E-state index contributed by atoms with van der Waals surface area (Å²) in [6, 6.07) is 0.707. The number of likely N-dealkylation sites (N-methyl/N-ethyl adjacent to an activating group) is 1. The summed E-state index contributed by atoms with van der Waals surface area (Å²) in [5.74, 6) is -0.0836. The molecule has 2 N–H and O–H groups in total. The maximum atomic E-state index is 14.2. The predicted octanol–water partition coefficient (Wildman–Crippen LogP) is 3.92. The number of allylic oxidation sites excluding steroid dienone is 5. The molecule has 2 unspecified atom stereocenters. The fourth-order valence-electron chi connectivity index (χ4n) is 3.40. The van der Waals surface area contributed by atoms with Crippen LogP contribution in [-0.2, 0) is 0 Å². The number of hydrogen-bond acceptors (Lipinski definition) is 3. The molecule has 5 heteroatoms. The van der Waals surface area contributed by atoms with Crippen molar-refractivity contribution in [1.29, 1.82) is 0 Å². The zero-order valence-electron chi connectivity index (χ0n) is 16.9. The van der Waals surface area contributed by atoms with E-state index in [-0.39, 0.29) is 11.9 Å². The highest BCUT2D eigenvalue weighted by molar-refractivity contribution is 6.33. The molecule has 0 radical (unpaired) electrons. The highest BCUT2D eigenvalue weighted by atomic mass is 19.1. The topological polar surface area (TPSA) is 27.3 Å². The van der Waals surface area contributed by atoms with Gasteiger partial charge in [-0.25, -0.2) is 4.39 Å². The van der Waals surface area contributed by atoms with Crippen LogP contribution in [0.1, 0.15) is 53.4 Å². The summed E-state index contributed by atoms with van der Waals surface area (Å²) < 4.78 is 14.2. The van der Waals surface area contributed by atoms with E-state index in [4.69, 9.17) is 0 Å². The maximum absolute atomic E-state index is 14.2. The fourth-order valence-corrected chi connectivity index (χ4v) is 3.40. The molecule has 0 spiro atoms. The van der Waals surface area contributed by atoms with Crippen LogP contribution in [0, 0.1) is 0 Å². The van der Waals surface area contributed by atoms with Crippen molar-refractivity contribution in [3.05, 3.63) is 35.4 Å². The molecule has 0 bridgehead atoms. The summed E-state index contributed by atoms with van der Waals surface area (Å²) in [7, 11) is 1.14. The maximum Gasteiger partial charge on any atom is 0.142 e. The molecule has 2 atom stereocenters. The number of nitrogens with one attached hydrogen (secondary N) is 2. The van der Waals surface area contributed by atoms with Gasteiger partial charge in [-0.15, -0.1) is 0 Å². The Morgan fingerprint density at radius 2 is 2.12 bits per heavy atom. The third-order valence-corrected chi connectivity index (χ3v) is 4.93. The van der Waals surface area contributed by atoms with Gasteiger partial charge in [0, 0.05) is 30.0 Å². The summed E-state index contributed by atoms with van der Waals surface area (Å²) in [6.07, 6.45) is 6.49. The summed E-state index contributed by atoms with van der Waals surface area (Å²) in [4.78, 5) is 2.52. The van der Waals surface area contributed by atoms with Gasteiger partial charge in [0.2, 0.25) is 0 Å². The Morgan fingerprint density at radius 3 is 2.64 bits per heavy atom. The molecule has 0 amide bonds. The van der Waals surface area contributed by atoms with Gasteiger partial charge in [-0.2, -0.15) is 0 Å². The van der Waals surface area contributed by atoms with Crippen LogP contribution in [-0.4, -0.2) is 43.8 Å². The second-order valence-electron chi connectivity index (χ2n) is 7.25. The van der Waals surface area contributed by atoms with E-state index in [9.17, 15) is 4.39 Å². The summed E-state index contributed by atoms with van der Waals surface area (Å²) in [6.45, 7) is 16.5. The van der Waals surface area contributed by atoms with Gasteiger partial charge in [0.05, 0.1) is 0 Å². The molecule has 3 nitrogen and oxygen atoms in total. The van der Waals surface area contributed by atoms with Crippen LogP contribution in [0.25, 0.3) is 0 Å². The van der Waals surface area contributed by atoms with Gasteiger partial charge in [0.1, 0.15) is 13.1 Å². The third kappa shape index (κ3) is 7.68. The van der Waals surface area contributed by atoms with Crippen molar-refractivity contribution in [2.45, 2.75) is 72.3 Å². The van der Waals surface area contributed by atoms with E-state index in [0.29, 0.717) is 6.04 Å². The lowest BCUT2D eigenvalue weighted by Gasteiger charge is -2.34. The lowest BCUT2D eigenvalue weighted by Crippen LogP contribution is -2.47. The molecule has 0 aromatic rings. The lowest BCUT2D eigenvalue weighted by molar-refractivity contribution is 0.207. The van der Waals surface area contributed by atoms with Gasteiger partial charge in [0.25, 0.3) is 0 Å². The number of nitrogens with zero attached hydrogens (tertiary/aromatic N) is 1. The van der Waals surface area contributed by atoms with Crippen LogP contribution < -0.4 is 10.6 Å². The molecule has 0 fully saturated rings. The number of halogens is 1. The Kier molecular flexibility index (Phi) is 9.95. The molecular formula is C20H37BFN3. The third-order valence-electron chi connectivity index (χ3n) is 4.93. The van der Waals surface area contributed by atoms with E-state index in [1.165, 1.54) is 0 Å². The van der Waals surface area contributed by atoms with Crippen molar-refractivity contribution in [2.75, 3.05) is 19.5 Å². The Morgan fingerprint density at radius 1 is 1.40 bits per heavy atom. The van der Waals surface area contributed by atoms with Crippen molar-refractivity contribution in [3.8, 4) is 0 Å². The first kappa shape index (κ1) is 21.8. The Bertz CT molecular complexity index is 487. The molecule has 0 heterocycles. The minimum Gasteiger partial charge on any atom is -0.387 e. The van der Waals surface area contributed by atoms with Crippen LogP contribution in [0.4, 0.5) is 4.39 Å². The highest BCUT2D eigenvalue weighted by Crippen LogP contribution is 2.24. The molecule has 0 aromatic heterocycles. The van der Waals surface area contributed by atoms with Crippen LogP contribution >= 0.6 is 0 Å². The fraction of sp³-hybridized carbons (Fsp3) is 0.700. The van der Waals surface area contributed by atoms with Crippen molar-refractivity contribution >= 4 is 7.28 Å². The van der Waals surface area contributed by atoms with Crippen molar-refractivity contribution in [2.24, 2.45) is 0 Å². The number of hydrogen-bond donors (Lipinski definition) is 2. The molecule has 0 saturated heterocycles. The molecule has 0 saturated carbocycles. The molecule has 0 aromatic carbocycles. The molecule has 142 valence electrons. The first-order chi connectivity index (χ1) is 11.9. The predicted molar refractivity (Wildman–Crippen MR) is 110 cm³/mol. The molecule has 1 rings (SSSR count). The van der Waals surface area contributed by atoms with E-state index in [1.807, 2.05) is 13.8 Å². The van der Waals surface area contributed by atoms with Gasteiger partial charge in [0.15, 0.2) is 0 Å². The molecule has 25 heavy (non-hydrogen) atoms. The highest BCUT2D eigenvalue weighted by Gasteiger charge is 2.22. The molecule has 1 aliphatic carbocycles. The smallest absolute Gasteiger partial charge is 0.142 e. The van der Waals surface area contributed by atoms with Crippen LogP contribution in [0.15, 0.2) is 35.4 Å². The van der Waals surface area contributed by atoms with Crippen molar-refractivity contribution in [1.82, 2.24) is 15.5 Å². The largest absolute Gasteiger partial charge is 0.387 e. The number of rotatable bonds is 12. The second-order valence-corrected chi connectivity index (χ2v) is 7.25. The van der Waals surface area contributed by atoms with Gasteiger partial charge in [-0.05, 0) is 58.6 Å². The zero-order chi connectivity index (χ0) is 18.8. The standard InChI is InChI=1S/C20H37BFN3/c1-7-17(24-20-10-9-16(5)11-19(20)22)12-18(13-23-15(3)4)25(8-2)14-21-6/h11,17-18,21,23-24H,3,7-10,12-14H2,1-2,4-6H3. The van der Waals surface area contributed by atoms with Crippen molar-refractivity contribution < 1.29 is 4.39 Å².